The van der Waals surface area contributed by atoms with E-state index in [0.717, 1.165) is 37.1 Å². The average Bonchev–Trinajstić information content (AvgIpc) is 3.06. The number of hydrogen-bond acceptors (Lipinski definition) is 3. The standard InChI is InChI=1S/C27H43NO2/c1-16-5-10-24(28-15-16)17(2)21-8-9-22-20-7-6-18-13-19(29)14-25(30)27(18,4)23(20)11-12-26(21,22)3/h6,16-17,19-23,25,29-30H,5,7-15H2,1-4H3/t16-,17-,19+,20-,21+,22-,23-,25+,26+,27-/m0/s1. The Balaban J connectivity index is 1.40. The fourth-order valence-electron chi connectivity index (χ4n) is 9.00. The van der Waals surface area contributed by atoms with Crippen molar-refractivity contribution in [2.75, 3.05) is 6.54 Å². The summed E-state index contributed by atoms with van der Waals surface area (Å²) in [5, 5.41) is 21.3. The van der Waals surface area contributed by atoms with E-state index in [1.54, 1.807) is 0 Å². The van der Waals surface area contributed by atoms with E-state index in [9.17, 15) is 10.2 Å². The van der Waals surface area contributed by atoms with Gasteiger partial charge in [-0.3, -0.25) is 4.99 Å². The molecular weight excluding hydrogens is 370 g/mol. The lowest BCUT2D eigenvalue weighted by atomic mass is 9.46. The summed E-state index contributed by atoms with van der Waals surface area (Å²) in [7, 11) is 0. The van der Waals surface area contributed by atoms with Crippen molar-refractivity contribution in [1.82, 2.24) is 0 Å². The molecule has 0 radical (unpaired) electrons. The van der Waals surface area contributed by atoms with E-state index in [2.05, 4.69) is 33.8 Å². The highest BCUT2D eigenvalue weighted by atomic mass is 16.3. The van der Waals surface area contributed by atoms with E-state index in [4.69, 9.17) is 4.99 Å². The Morgan fingerprint density at radius 1 is 1.10 bits per heavy atom. The van der Waals surface area contributed by atoms with Gasteiger partial charge < -0.3 is 10.2 Å². The molecule has 3 heteroatoms. The Hall–Kier alpha value is -0.670. The number of aliphatic imine (C=N–C) groups is 1. The van der Waals surface area contributed by atoms with Crippen LogP contribution in [-0.2, 0) is 0 Å². The van der Waals surface area contributed by atoms with Crippen molar-refractivity contribution in [3.63, 3.8) is 0 Å². The maximum Gasteiger partial charge on any atom is 0.0658 e. The number of nitrogens with zero attached hydrogens (tertiary/aromatic N) is 1. The molecule has 3 saturated carbocycles. The van der Waals surface area contributed by atoms with Crippen LogP contribution in [-0.4, -0.2) is 34.7 Å². The van der Waals surface area contributed by atoms with Crippen LogP contribution in [0.2, 0.25) is 0 Å². The molecule has 0 spiro atoms. The normalized spacial score (nSPS) is 51.9. The van der Waals surface area contributed by atoms with Gasteiger partial charge in [0, 0.05) is 24.1 Å². The Morgan fingerprint density at radius 2 is 1.90 bits per heavy atom. The van der Waals surface area contributed by atoms with Gasteiger partial charge in [0.05, 0.1) is 12.2 Å². The van der Waals surface area contributed by atoms with Gasteiger partial charge in [-0.15, -0.1) is 0 Å². The van der Waals surface area contributed by atoms with Crippen LogP contribution in [0.5, 0.6) is 0 Å². The smallest absolute Gasteiger partial charge is 0.0658 e. The first-order valence-electron chi connectivity index (χ1n) is 12.8. The molecule has 168 valence electrons. The predicted octanol–water partition coefficient (Wildman–Crippen LogP) is 5.40. The molecule has 1 heterocycles. The highest BCUT2D eigenvalue weighted by Gasteiger charge is 2.61. The lowest BCUT2D eigenvalue weighted by molar-refractivity contribution is -0.106. The van der Waals surface area contributed by atoms with Gasteiger partial charge in [0.1, 0.15) is 0 Å². The number of aliphatic hydroxyl groups is 2. The number of hydrogen-bond donors (Lipinski definition) is 2. The number of fused-ring (bicyclic) bond motifs is 5. The first-order chi connectivity index (χ1) is 14.2. The first-order valence-corrected chi connectivity index (χ1v) is 12.8. The number of allylic oxidation sites excluding steroid dienone is 1. The third-order valence-electron chi connectivity index (χ3n) is 10.9. The summed E-state index contributed by atoms with van der Waals surface area (Å²) >= 11 is 0. The summed E-state index contributed by atoms with van der Waals surface area (Å²) in [6.45, 7) is 10.8. The largest absolute Gasteiger partial charge is 0.393 e. The Morgan fingerprint density at radius 3 is 2.63 bits per heavy atom. The van der Waals surface area contributed by atoms with E-state index in [1.807, 2.05) is 0 Å². The summed E-state index contributed by atoms with van der Waals surface area (Å²) in [5.41, 5.74) is 3.17. The average molecular weight is 414 g/mol. The van der Waals surface area contributed by atoms with Crippen LogP contribution in [0, 0.1) is 46.3 Å². The maximum atomic E-state index is 11.1. The molecule has 3 fully saturated rings. The van der Waals surface area contributed by atoms with Gasteiger partial charge in [0.25, 0.3) is 0 Å². The second kappa shape index (κ2) is 7.44. The van der Waals surface area contributed by atoms with Crippen LogP contribution in [0.1, 0.15) is 85.5 Å². The molecule has 5 rings (SSSR count). The van der Waals surface area contributed by atoms with Crippen LogP contribution in [0.25, 0.3) is 0 Å². The van der Waals surface area contributed by atoms with Crippen molar-refractivity contribution in [2.45, 2.75) is 97.7 Å². The molecule has 10 atom stereocenters. The molecule has 3 nitrogen and oxygen atoms in total. The molecule has 1 aliphatic heterocycles. The fourth-order valence-corrected chi connectivity index (χ4v) is 9.00. The highest BCUT2D eigenvalue weighted by Crippen LogP contribution is 2.67. The van der Waals surface area contributed by atoms with Crippen LogP contribution in [0.3, 0.4) is 0 Å². The van der Waals surface area contributed by atoms with Gasteiger partial charge in [-0.1, -0.05) is 39.3 Å². The SMILES string of the molecule is C[C@H]1CCC([C@@H](C)[C@H]2CC[C@H]3[C@@H]4CC=C5C[C@@H](O)C[C@@H](O)[C@]5(C)[C@H]4CC[C@]23C)=NC1. The van der Waals surface area contributed by atoms with Crippen molar-refractivity contribution in [2.24, 2.45) is 51.3 Å². The third-order valence-corrected chi connectivity index (χ3v) is 10.9. The van der Waals surface area contributed by atoms with E-state index < -0.39 is 0 Å². The van der Waals surface area contributed by atoms with Crippen molar-refractivity contribution in [1.29, 1.82) is 0 Å². The molecule has 30 heavy (non-hydrogen) atoms. The Bertz CT molecular complexity index is 743. The zero-order valence-electron chi connectivity index (χ0n) is 19.6. The van der Waals surface area contributed by atoms with Crippen molar-refractivity contribution < 1.29 is 10.2 Å². The van der Waals surface area contributed by atoms with Crippen molar-refractivity contribution >= 4 is 5.71 Å². The minimum absolute atomic E-state index is 0.114. The van der Waals surface area contributed by atoms with Crippen LogP contribution in [0.15, 0.2) is 16.6 Å². The van der Waals surface area contributed by atoms with Gasteiger partial charge in [-0.05, 0) is 92.3 Å². The topological polar surface area (TPSA) is 52.8 Å². The van der Waals surface area contributed by atoms with Gasteiger partial charge in [-0.2, -0.15) is 0 Å². The van der Waals surface area contributed by atoms with Crippen LogP contribution in [0.4, 0.5) is 0 Å². The van der Waals surface area contributed by atoms with E-state index in [0.29, 0.717) is 29.6 Å². The minimum Gasteiger partial charge on any atom is -0.393 e. The summed E-state index contributed by atoms with van der Waals surface area (Å²) in [4.78, 5) is 5.04. The van der Waals surface area contributed by atoms with Gasteiger partial charge in [-0.25, -0.2) is 0 Å². The Kier molecular flexibility index (Phi) is 5.26. The van der Waals surface area contributed by atoms with Crippen LogP contribution < -0.4 is 0 Å². The quantitative estimate of drug-likeness (QED) is 0.595. The molecular formula is C27H43NO2. The lowest BCUT2D eigenvalue weighted by Crippen LogP contribution is -2.55. The summed E-state index contributed by atoms with van der Waals surface area (Å²) in [6.07, 6.45) is 12.0. The summed E-state index contributed by atoms with van der Waals surface area (Å²) in [6, 6.07) is 0. The molecule has 2 N–H and O–H groups in total. The fraction of sp³-hybridized carbons (Fsp3) is 0.889. The predicted molar refractivity (Wildman–Crippen MR) is 122 cm³/mol. The molecule has 5 aliphatic rings. The monoisotopic (exact) mass is 413 g/mol. The number of aliphatic hydroxyl groups excluding tert-OH is 2. The minimum atomic E-state index is -0.389. The molecule has 0 aromatic heterocycles. The third kappa shape index (κ3) is 3.01. The molecule has 0 aromatic rings. The molecule has 0 saturated heterocycles. The zero-order chi connectivity index (χ0) is 21.3. The number of rotatable bonds is 2. The molecule has 0 unspecified atom stereocenters. The lowest BCUT2D eigenvalue weighted by Gasteiger charge is -2.59. The van der Waals surface area contributed by atoms with E-state index in [-0.39, 0.29) is 17.6 Å². The van der Waals surface area contributed by atoms with Gasteiger partial charge in [0.15, 0.2) is 0 Å². The Labute approximate surface area is 183 Å². The molecule has 0 aromatic carbocycles. The van der Waals surface area contributed by atoms with E-state index in [1.165, 1.54) is 49.8 Å². The molecule has 0 bridgehead atoms. The van der Waals surface area contributed by atoms with Crippen molar-refractivity contribution in [3.05, 3.63) is 11.6 Å². The summed E-state index contributed by atoms with van der Waals surface area (Å²) < 4.78 is 0. The molecule has 4 aliphatic carbocycles. The van der Waals surface area contributed by atoms with E-state index >= 15 is 0 Å². The van der Waals surface area contributed by atoms with Crippen LogP contribution >= 0.6 is 0 Å². The zero-order valence-corrected chi connectivity index (χ0v) is 19.6. The maximum absolute atomic E-state index is 11.1. The van der Waals surface area contributed by atoms with Crippen molar-refractivity contribution in [3.8, 4) is 0 Å². The summed E-state index contributed by atoms with van der Waals surface area (Å²) in [5.74, 6) is 4.22. The first kappa shape index (κ1) is 21.2. The van der Waals surface area contributed by atoms with Gasteiger partial charge >= 0.3 is 0 Å². The second-order valence-electron chi connectivity index (χ2n) is 12.2. The van der Waals surface area contributed by atoms with Gasteiger partial charge in [0.2, 0.25) is 0 Å². The highest BCUT2D eigenvalue weighted by molar-refractivity contribution is 5.87. The molecule has 0 amide bonds. The second-order valence-corrected chi connectivity index (χ2v) is 12.2.